The fraction of sp³-hybridized carbons (Fsp3) is 0.125. The molecule has 4 aromatic rings. The summed E-state index contributed by atoms with van der Waals surface area (Å²) in [6.45, 7) is -2.97. The highest BCUT2D eigenvalue weighted by atomic mass is 35.5. The van der Waals surface area contributed by atoms with Crippen molar-refractivity contribution >= 4 is 34.3 Å². The second kappa shape index (κ2) is 8.16. The Morgan fingerprint density at radius 2 is 1.84 bits per heavy atom. The summed E-state index contributed by atoms with van der Waals surface area (Å²) in [6.07, 6.45) is 1.96. The van der Waals surface area contributed by atoms with Crippen molar-refractivity contribution in [3.63, 3.8) is 0 Å². The average molecular weight is 454 g/mol. The van der Waals surface area contributed by atoms with E-state index in [4.69, 9.17) is 26.1 Å². The Morgan fingerprint density at radius 1 is 1.06 bits per heavy atom. The first-order valence-corrected chi connectivity index (χ1v) is 10.3. The molecule has 1 aromatic heterocycles. The highest BCUT2D eigenvalue weighted by Crippen LogP contribution is 2.40. The Morgan fingerprint density at radius 3 is 2.59 bits per heavy atom. The van der Waals surface area contributed by atoms with Crippen molar-refractivity contribution in [3.05, 3.63) is 89.0 Å². The molecule has 0 radical (unpaired) electrons. The number of imidazole rings is 1. The van der Waals surface area contributed by atoms with Gasteiger partial charge in [0, 0.05) is 10.6 Å². The van der Waals surface area contributed by atoms with Gasteiger partial charge < -0.3 is 14.8 Å². The highest BCUT2D eigenvalue weighted by molar-refractivity contribution is 6.30. The van der Waals surface area contributed by atoms with Crippen molar-refractivity contribution in [1.82, 2.24) is 9.55 Å². The molecular weight excluding hydrogens is 436 g/mol. The van der Waals surface area contributed by atoms with Crippen LogP contribution >= 0.6 is 11.6 Å². The number of hydrogen-bond donors (Lipinski definition) is 1. The number of ether oxygens (including phenoxy) is 2. The maximum atomic E-state index is 13.1. The lowest BCUT2D eigenvalue weighted by atomic mass is 10.0. The quantitative estimate of drug-likeness (QED) is 0.382. The molecule has 5 nitrogen and oxygen atoms in total. The molecule has 0 aliphatic carbocycles. The van der Waals surface area contributed by atoms with E-state index in [0.717, 1.165) is 22.3 Å². The summed E-state index contributed by atoms with van der Waals surface area (Å²) >= 11 is 6.03. The van der Waals surface area contributed by atoms with Gasteiger partial charge in [-0.1, -0.05) is 35.9 Å². The van der Waals surface area contributed by atoms with Crippen LogP contribution in [0.15, 0.2) is 72.8 Å². The van der Waals surface area contributed by atoms with Crippen LogP contribution in [0.25, 0.3) is 16.7 Å². The lowest BCUT2D eigenvalue weighted by molar-refractivity contribution is -0.0500. The molecule has 3 aromatic carbocycles. The summed E-state index contributed by atoms with van der Waals surface area (Å²) in [5.74, 6) is 1.33. The van der Waals surface area contributed by atoms with Crippen molar-refractivity contribution < 1.29 is 18.3 Å². The number of halogens is 3. The van der Waals surface area contributed by atoms with Gasteiger partial charge >= 0.3 is 6.61 Å². The first kappa shape index (κ1) is 20.3. The molecule has 0 unspecified atom stereocenters. The predicted octanol–water partition coefficient (Wildman–Crippen LogP) is 6.36. The molecular formula is C24H18ClF2N3O2. The van der Waals surface area contributed by atoms with Gasteiger partial charge in [0.05, 0.1) is 29.9 Å². The molecule has 0 fully saturated rings. The second-order valence-corrected chi connectivity index (χ2v) is 7.67. The molecule has 2 heterocycles. The van der Waals surface area contributed by atoms with E-state index in [-0.39, 0.29) is 11.8 Å². The summed E-state index contributed by atoms with van der Waals surface area (Å²) in [5.41, 5.74) is 3.82. The number of nitrogens with one attached hydrogen (secondary N) is 1. The molecule has 5 rings (SSSR count). The number of para-hydroxylation sites is 2. The van der Waals surface area contributed by atoms with E-state index in [1.165, 1.54) is 6.07 Å². The normalized spacial score (nSPS) is 15.3. The molecule has 1 atom stereocenters. The van der Waals surface area contributed by atoms with E-state index in [1.54, 1.807) is 19.2 Å². The molecule has 162 valence electrons. The van der Waals surface area contributed by atoms with Gasteiger partial charge in [-0.25, -0.2) is 4.98 Å². The predicted molar refractivity (Wildman–Crippen MR) is 121 cm³/mol. The van der Waals surface area contributed by atoms with E-state index in [2.05, 4.69) is 9.88 Å². The second-order valence-electron chi connectivity index (χ2n) is 7.24. The summed E-state index contributed by atoms with van der Waals surface area (Å²) in [6, 6.07) is 20.0. The summed E-state index contributed by atoms with van der Waals surface area (Å²) < 4.78 is 38.2. The Kier molecular flexibility index (Phi) is 5.19. The van der Waals surface area contributed by atoms with Gasteiger partial charge in [0.1, 0.15) is 11.5 Å². The van der Waals surface area contributed by atoms with Gasteiger partial charge in [-0.2, -0.15) is 8.78 Å². The summed E-state index contributed by atoms with van der Waals surface area (Å²) in [7, 11) is 1.62. The lowest BCUT2D eigenvalue weighted by Crippen LogP contribution is -2.19. The number of allylic oxidation sites excluding steroid dienone is 1. The van der Waals surface area contributed by atoms with Crippen LogP contribution in [0.1, 0.15) is 17.2 Å². The monoisotopic (exact) mass is 453 g/mol. The van der Waals surface area contributed by atoms with E-state index >= 15 is 0 Å². The van der Waals surface area contributed by atoms with Crippen LogP contribution in [0, 0.1) is 0 Å². The molecule has 1 aliphatic heterocycles. The van der Waals surface area contributed by atoms with Crippen LogP contribution in [-0.4, -0.2) is 23.3 Å². The molecule has 32 heavy (non-hydrogen) atoms. The van der Waals surface area contributed by atoms with Gasteiger partial charge in [-0.05, 0) is 54.1 Å². The first-order chi connectivity index (χ1) is 15.5. The van der Waals surface area contributed by atoms with Gasteiger partial charge in [0.15, 0.2) is 0 Å². The summed E-state index contributed by atoms with van der Waals surface area (Å²) in [5, 5.41) is 3.58. The minimum atomic E-state index is -2.97. The molecule has 1 N–H and O–H groups in total. The largest absolute Gasteiger partial charge is 0.497 e. The Balaban J connectivity index is 1.68. The number of nitrogens with zero attached hydrogens (tertiary/aromatic N) is 2. The van der Waals surface area contributed by atoms with Gasteiger partial charge in [-0.3, -0.25) is 4.57 Å². The smallest absolute Gasteiger partial charge is 0.387 e. The van der Waals surface area contributed by atoms with Crippen molar-refractivity contribution in [2.45, 2.75) is 12.7 Å². The van der Waals surface area contributed by atoms with Crippen LogP contribution in [0.2, 0.25) is 5.02 Å². The molecule has 8 heteroatoms. The zero-order chi connectivity index (χ0) is 22.2. The van der Waals surface area contributed by atoms with Crippen LogP contribution in [-0.2, 0) is 0 Å². The third kappa shape index (κ3) is 3.65. The SMILES string of the molecule is COc1ccc([C@H]2C=C(c3ccc(Cl)cc3OC(F)F)Nc3nc4ccccc4n32)cc1. The molecule has 0 saturated carbocycles. The van der Waals surface area contributed by atoms with Crippen LogP contribution in [0.5, 0.6) is 11.5 Å². The van der Waals surface area contributed by atoms with E-state index in [1.807, 2.05) is 54.6 Å². The lowest BCUT2D eigenvalue weighted by Gasteiger charge is -2.27. The zero-order valence-corrected chi connectivity index (χ0v) is 17.7. The van der Waals surface area contributed by atoms with Crippen LogP contribution in [0.4, 0.5) is 14.7 Å². The number of fused-ring (bicyclic) bond motifs is 3. The fourth-order valence-electron chi connectivity index (χ4n) is 3.92. The van der Waals surface area contributed by atoms with Crippen molar-refractivity contribution in [1.29, 1.82) is 0 Å². The number of hydrogen-bond acceptors (Lipinski definition) is 4. The number of benzene rings is 3. The molecule has 0 saturated heterocycles. The third-order valence-electron chi connectivity index (χ3n) is 5.35. The minimum Gasteiger partial charge on any atom is -0.497 e. The Labute approximate surface area is 187 Å². The van der Waals surface area contributed by atoms with E-state index < -0.39 is 6.61 Å². The number of anilines is 1. The number of methoxy groups -OCH3 is 1. The van der Waals surface area contributed by atoms with Gasteiger partial charge in [0.25, 0.3) is 0 Å². The number of aromatic nitrogens is 2. The molecule has 0 spiro atoms. The van der Waals surface area contributed by atoms with Gasteiger partial charge in [0.2, 0.25) is 5.95 Å². The molecule has 0 bridgehead atoms. The van der Waals surface area contributed by atoms with Crippen molar-refractivity contribution in [2.75, 3.05) is 12.4 Å². The average Bonchev–Trinajstić information content (AvgIpc) is 3.17. The third-order valence-corrected chi connectivity index (χ3v) is 5.59. The number of alkyl halides is 2. The van der Waals surface area contributed by atoms with Crippen molar-refractivity contribution in [3.8, 4) is 11.5 Å². The Bertz CT molecular complexity index is 1320. The maximum Gasteiger partial charge on any atom is 0.387 e. The highest BCUT2D eigenvalue weighted by Gasteiger charge is 2.27. The fourth-order valence-corrected chi connectivity index (χ4v) is 4.09. The maximum absolute atomic E-state index is 13.1. The zero-order valence-electron chi connectivity index (χ0n) is 16.9. The summed E-state index contributed by atoms with van der Waals surface area (Å²) in [4.78, 5) is 4.72. The molecule has 1 aliphatic rings. The minimum absolute atomic E-state index is 0.00991. The Hall–Kier alpha value is -3.58. The topological polar surface area (TPSA) is 48.3 Å². The van der Waals surface area contributed by atoms with E-state index in [0.29, 0.717) is 22.2 Å². The molecule has 0 amide bonds. The van der Waals surface area contributed by atoms with Crippen LogP contribution < -0.4 is 14.8 Å². The van der Waals surface area contributed by atoms with Crippen molar-refractivity contribution in [2.24, 2.45) is 0 Å². The number of rotatable bonds is 5. The standard InChI is InChI=1S/C24H18ClF2N3O2/c1-31-16-9-6-14(7-10-16)21-13-19(17-11-8-15(25)12-22(17)32-23(26)27)29-24-28-18-4-2-3-5-20(18)30(21)24/h2-13,21,23H,1H3,(H,28,29)/t21-/m1/s1. The van der Waals surface area contributed by atoms with Crippen LogP contribution in [0.3, 0.4) is 0 Å². The first-order valence-electron chi connectivity index (χ1n) is 9.88. The van der Waals surface area contributed by atoms with Gasteiger partial charge in [-0.15, -0.1) is 0 Å². The van der Waals surface area contributed by atoms with E-state index in [9.17, 15) is 8.78 Å².